The fourth-order valence-electron chi connectivity index (χ4n) is 2.39. The third-order valence-corrected chi connectivity index (χ3v) is 3.60. The first-order valence-corrected chi connectivity index (χ1v) is 6.87. The van der Waals surface area contributed by atoms with Crippen molar-refractivity contribution in [3.63, 3.8) is 0 Å². The number of methoxy groups -OCH3 is 2. The average molecular weight is 287 g/mol. The van der Waals surface area contributed by atoms with Gasteiger partial charge in [0.1, 0.15) is 17.2 Å². The van der Waals surface area contributed by atoms with Gasteiger partial charge in [-0.2, -0.15) is 0 Å². The van der Waals surface area contributed by atoms with Gasteiger partial charge in [0.2, 0.25) is 0 Å². The number of hydrogen-bond donors (Lipinski definition) is 2. The van der Waals surface area contributed by atoms with E-state index in [0.29, 0.717) is 6.54 Å². The van der Waals surface area contributed by atoms with E-state index in [1.165, 1.54) is 0 Å². The largest absolute Gasteiger partial charge is 0.508 e. The Morgan fingerprint density at radius 3 is 2.33 bits per heavy atom. The minimum absolute atomic E-state index is 0.159. The van der Waals surface area contributed by atoms with E-state index in [2.05, 4.69) is 0 Å². The monoisotopic (exact) mass is 287 g/mol. The van der Waals surface area contributed by atoms with Crippen LogP contribution in [0.3, 0.4) is 0 Å². The van der Waals surface area contributed by atoms with Crippen molar-refractivity contribution in [2.45, 2.75) is 12.3 Å². The van der Waals surface area contributed by atoms with E-state index in [1.807, 2.05) is 30.3 Å². The average Bonchev–Trinajstić information content (AvgIpc) is 2.53. The molecular formula is C17H21NO3. The van der Waals surface area contributed by atoms with E-state index < -0.39 is 0 Å². The van der Waals surface area contributed by atoms with Gasteiger partial charge in [-0.3, -0.25) is 0 Å². The Morgan fingerprint density at radius 1 is 1.05 bits per heavy atom. The number of phenols is 1. The van der Waals surface area contributed by atoms with Crippen LogP contribution in [0.5, 0.6) is 17.2 Å². The molecule has 0 saturated carbocycles. The van der Waals surface area contributed by atoms with Crippen LogP contribution in [-0.2, 0) is 6.42 Å². The van der Waals surface area contributed by atoms with Crippen LogP contribution in [0.25, 0.3) is 0 Å². The molecule has 0 fully saturated rings. The number of benzene rings is 2. The zero-order chi connectivity index (χ0) is 15.2. The van der Waals surface area contributed by atoms with E-state index in [4.69, 9.17) is 15.2 Å². The van der Waals surface area contributed by atoms with Gasteiger partial charge in [0.05, 0.1) is 14.2 Å². The lowest BCUT2D eigenvalue weighted by Gasteiger charge is -2.18. The van der Waals surface area contributed by atoms with Gasteiger partial charge in [0.25, 0.3) is 0 Å². The predicted octanol–water partition coefficient (Wildman–Crippen LogP) is 2.69. The van der Waals surface area contributed by atoms with Gasteiger partial charge in [0, 0.05) is 5.92 Å². The minimum atomic E-state index is 0.159. The lowest BCUT2D eigenvalue weighted by Crippen LogP contribution is -2.15. The molecular weight excluding hydrogens is 266 g/mol. The van der Waals surface area contributed by atoms with Crippen molar-refractivity contribution in [2.24, 2.45) is 5.73 Å². The standard InChI is InChI=1S/C17H21NO3/c1-20-16-7-8-17(21-2)13(10-16)9-14(11-18)12-3-5-15(19)6-4-12/h3-8,10,14,19H,9,11,18H2,1-2H3. The lowest BCUT2D eigenvalue weighted by atomic mass is 9.91. The van der Waals surface area contributed by atoms with Gasteiger partial charge in [-0.25, -0.2) is 0 Å². The van der Waals surface area contributed by atoms with Crippen molar-refractivity contribution in [2.75, 3.05) is 20.8 Å². The Labute approximate surface area is 125 Å². The third-order valence-electron chi connectivity index (χ3n) is 3.60. The fraction of sp³-hybridized carbons (Fsp3) is 0.294. The first-order chi connectivity index (χ1) is 10.2. The molecule has 0 spiro atoms. The van der Waals surface area contributed by atoms with Crippen molar-refractivity contribution in [1.82, 2.24) is 0 Å². The highest BCUT2D eigenvalue weighted by Crippen LogP contribution is 2.29. The molecule has 0 aliphatic carbocycles. The second-order valence-corrected chi connectivity index (χ2v) is 4.91. The zero-order valence-electron chi connectivity index (χ0n) is 12.4. The molecule has 0 aromatic heterocycles. The summed E-state index contributed by atoms with van der Waals surface area (Å²) in [5, 5.41) is 9.38. The highest BCUT2D eigenvalue weighted by Gasteiger charge is 2.14. The van der Waals surface area contributed by atoms with E-state index in [9.17, 15) is 5.11 Å². The summed E-state index contributed by atoms with van der Waals surface area (Å²) in [5.74, 6) is 2.04. The van der Waals surface area contributed by atoms with Crippen LogP contribution in [0.15, 0.2) is 42.5 Å². The Balaban J connectivity index is 2.27. The molecule has 1 unspecified atom stereocenters. The molecule has 0 heterocycles. The summed E-state index contributed by atoms with van der Waals surface area (Å²) in [5.41, 5.74) is 8.07. The SMILES string of the molecule is COc1ccc(OC)c(CC(CN)c2ccc(O)cc2)c1. The molecule has 21 heavy (non-hydrogen) atoms. The molecule has 0 bridgehead atoms. The normalized spacial score (nSPS) is 12.0. The van der Waals surface area contributed by atoms with Gasteiger partial charge in [-0.1, -0.05) is 12.1 Å². The van der Waals surface area contributed by atoms with E-state index in [0.717, 1.165) is 29.0 Å². The Morgan fingerprint density at radius 2 is 1.76 bits per heavy atom. The van der Waals surface area contributed by atoms with Gasteiger partial charge >= 0.3 is 0 Å². The lowest BCUT2D eigenvalue weighted by molar-refractivity contribution is 0.397. The molecule has 4 heteroatoms. The van der Waals surface area contributed by atoms with Crippen molar-refractivity contribution in [1.29, 1.82) is 0 Å². The molecule has 2 aromatic rings. The third kappa shape index (κ3) is 3.67. The summed E-state index contributed by atoms with van der Waals surface area (Å²) < 4.78 is 10.7. The quantitative estimate of drug-likeness (QED) is 0.857. The maximum Gasteiger partial charge on any atom is 0.122 e. The fourth-order valence-corrected chi connectivity index (χ4v) is 2.39. The molecule has 0 radical (unpaired) electrons. The van der Waals surface area contributed by atoms with Crippen LogP contribution in [0, 0.1) is 0 Å². The predicted molar refractivity (Wildman–Crippen MR) is 83.2 cm³/mol. The van der Waals surface area contributed by atoms with Crippen LogP contribution in [0.2, 0.25) is 0 Å². The van der Waals surface area contributed by atoms with Crippen molar-refractivity contribution in [3.8, 4) is 17.2 Å². The molecule has 3 N–H and O–H groups in total. The summed E-state index contributed by atoms with van der Waals surface area (Å²) in [7, 11) is 3.30. The molecule has 4 nitrogen and oxygen atoms in total. The van der Waals surface area contributed by atoms with Crippen molar-refractivity contribution in [3.05, 3.63) is 53.6 Å². The highest BCUT2D eigenvalue weighted by molar-refractivity contribution is 5.42. The summed E-state index contributed by atoms with van der Waals surface area (Å²) in [6.45, 7) is 0.519. The molecule has 1 atom stereocenters. The Kier molecular flexibility index (Phi) is 5.06. The minimum Gasteiger partial charge on any atom is -0.508 e. The number of rotatable bonds is 6. The maximum atomic E-state index is 9.38. The smallest absolute Gasteiger partial charge is 0.122 e. The topological polar surface area (TPSA) is 64.7 Å². The molecule has 0 amide bonds. The van der Waals surface area contributed by atoms with Crippen LogP contribution in [0.4, 0.5) is 0 Å². The second-order valence-electron chi connectivity index (χ2n) is 4.91. The first-order valence-electron chi connectivity index (χ1n) is 6.87. The first kappa shape index (κ1) is 15.2. The van der Waals surface area contributed by atoms with E-state index >= 15 is 0 Å². The number of ether oxygens (including phenoxy) is 2. The number of hydrogen-bond acceptors (Lipinski definition) is 4. The highest BCUT2D eigenvalue weighted by atomic mass is 16.5. The van der Waals surface area contributed by atoms with Crippen LogP contribution < -0.4 is 15.2 Å². The second kappa shape index (κ2) is 6.99. The summed E-state index contributed by atoms with van der Waals surface area (Å²) >= 11 is 0. The summed E-state index contributed by atoms with van der Waals surface area (Å²) in [6.07, 6.45) is 0.752. The molecule has 2 rings (SSSR count). The van der Waals surface area contributed by atoms with Crippen LogP contribution >= 0.6 is 0 Å². The molecule has 0 saturated heterocycles. The summed E-state index contributed by atoms with van der Waals surface area (Å²) in [4.78, 5) is 0. The summed E-state index contributed by atoms with van der Waals surface area (Å²) in [6, 6.07) is 12.9. The Bertz CT molecular complexity index is 581. The zero-order valence-corrected chi connectivity index (χ0v) is 12.4. The number of phenolic OH excluding ortho intramolecular Hbond substituents is 1. The number of aromatic hydroxyl groups is 1. The van der Waals surface area contributed by atoms with Gasteiger partial charge in [-0.15, -0.1) is 0 Å². The molecule has 2 aromatic carbocycles. The number of nitrogens with two attached hydrogens (primary N) is 1. The van der Waals surface area contributed by atoms with E-state index in [1.54, 1.807) is 26.4 Å². The van der Waals surface area contributed by atoms with Crippen LogP contribution in [-0.4, -0.2) is 25.9 Å². The van der Waals surface area contributed by atoms with Crippen molar-refractivity contribution < 1.29 is 14.6 Å². The van der Waals surface area contributed by atoms with Gasteiger partial charge < -0.3 is 20.3 Å². The maximum absolute atomic E-state index is 9.38. The van der Waals surface area contributed by atoms with Crippen LogP contribution in [0.1, 0.15) is 17.0 Å². The van der Waals surface area contributed by atoms with E-state index in [-0.39, 0.29) is 11.7 Å². The Hall–Kier alpha value is -2.20. The van der Waals surface area contributed by atoms with Gasteiger partial charge in [0.15, 0.2) is 0 Å². The molecule has 112 valence electrons. The van der Waals surface area contributed by atoms with Crippen molar-refractivity contribution >= 4 is 0 Å². The molecule has 0 aliphatic rings. The molecule has 0 aliphatic heterocycles. The van der Waals surface area contributed by atoms with Gasteiger partial charge in [-0.05, 0) is 54.4 Å².